The molecule has 30 heteroatoms. The van der Waals surface area contributed by atoms with E-state index in [4.69, 9.17) is 10.5 Å². The predicted molar refractivity (Wildman–Crippen MR) is 301 cm³/mol. The maximum atomic E-state index is 14.2. The lowest BCUT2D eigenvalue weighted by Crippen LogP contribution is -2.52. The molecule has 0 unspecified atom stereocenters. The van der Waals surface area contributed by atoms with Crippen LogP contribution in [-0.2, 0) is 62.4 Å². The molecule has 2 aliphatic heterocycles. The first-order valence-corrected chi connectivity index (χ1v) is 26.9. The molecule has 6 aromatic heterocycles. The molecule has 5 N–H and O–H groups in total. The van der Waals surface area contributed by atoms with Crippen LogP contribution in [0.2, 0.25) is 0 Å². The number of nitrogens with one attached hydrogen (secondary N) is 3. The molecule has 5 amide bonds. The first-order chi connectivity index (χ1) is 39.6. The van der Waals surface area contributed by atoms with Crippen LogP contribution in [0.4, 0.5) is 66.0 Å². The zero-order chi connectivity index (χ0) is 62.8. The van der Waals surface area contributed by atoms with Crippen LogP contribution in [0.5, 0.6) is 0 Å². The maximum Gasteiger partial charge on any atom is 0.433 e. The van der Waals surface area contributed by atoms with E-state index in [-0.39, 0.29) is 67.6 Å². The van der Waals surface area contributed by atoms with Crippen LogP contribution >= 0.6 is 0 Å². The predicted octanol–water partition coefficient (Wildman–Crippen LogP) is 7.04. The standard InChI is InChI=1S/C30H38F3N9O4.C25H30F3N9O2/c1-16(2)22(38-28(45)46-29(5,6)7)26(44)42(27-36-17(3)23-24(39-27)40(8)18(4)25(43)37-23)15-20-12-35-41(14-20)13-19-9-10-21(34-11-19)30(31,32)33;1-13(2)19(29)23(39)37(24-32-14(3)20-21(34-24)35(5)15(4)22(38)33-20)12-17-9-31-36(11-17)10-16-6-7-18(30-8-16)25(26,27)28/h9-12,14,16,18,22H,13,15H2,1-8H3,(H,37,43)(H,38,45);6-9,11,13,15,19H,10,12,29H2,1-5H3,(H,33,38)/t18-,22-;15-,19-/m00/s1. The van der Waals surface area contributed by atoms with E-state index >= 15 is 0 Å². The van der Waals surface area contributed by atoms with E-state index < -0.39 is 65.5 Å². The topological polar surface area (TPSA) is 283 Å². The van der Waals surface area contributed by atoms with E-state index in [1.807, 2.05) is 13.8 Å². The minimum atomic E-state index is -4.55. The van der Waals surface area contributed by atoms with Crippen molar-refractivity contribution in [3.05, 3.63) is 106 Å². The van der Waals surface area contributed by atoms with Crippen LogP contribution in [0.1, 0.15) is 107 Å². The lowest BCUT2D eigenvalue weighted by atomic mass is 10.0. The summed E-state index contributed by atoms with van der Waals surface area (Å²) in [6.07, 6.45) is -1.15. The number of pyridine rings is 2. The molecule has 8 rings (SSSR count). The summed E-state index contributed by atoms with van der Waals surface area (Å²) in [5.74, 6) is -0.779. The lowest BCUT2D eigenvalue weighted by molar-refractivity contribution is -0.142. The Balaban J connectivity index is 0.000000247. The third-order valence-electron chi connectivity index (χ3n) is 13.8. The number of hydrogen-bond acceptors (Lipinski definition) is 17. The van der Waals surface area contributed by atoms with E-state index in [0.717, 1.165) is 24.5 Å². The van der Waals surface area contributed by atoms with Crippen molar-refractivity contribution >= 4 is 64.6 Å². The van der Waals surface area contributed by atoms with Gasteiger partial charge in [0.25, 0.3) is 5.91 Å². The van der Waals surface area contributed by atoms with Gasteiger partial charge in [-0.25, -0.2) is 14.8 Å². The minimum absolute atomic E-state index is 0.0350. The zero-order valence-corrected chi connectivity index (χ0v) is 49.1. The van der Waals surface area contributed by atoms with Gasteiger partial charge in [0.2, 0.25) is 29.6 Å². The van der Waals surface area contributed by atoms with E-state index in [1.54, 1.807) is 105 Å². The van der Waals surface area contributed by atoms with Gasteiger partial charge in [0.1, 0.15) is 46.5 Å². The van der Waals surface area contributed by atoms with Gasteiger partial charge in [-0.15, -0.1) is 0 Å². The fourth-order valence-electron chi connectivity index (χ4n) is 8.64. The number of nitrogens with two attached hydrogens (primary N) is 1. The van der Waals surface area contributed by atoms with Crippen LogP contribution in [0.3, 0.4) is 0 Å². The summed E-state index contributed by atoms with van der Waals surface area (Å²) >= 11 is 0. The van der Waals surface area contributed by atoms with E-state index in [9.17, 15) is 50.3 Å². The highest BCUT2D eigenvalue weighted by molar-refractivity contribution is 6.05. The number of fused-ring (bicyclic) bond motifs is 2. The molecule has 0 aromatic carbocycles. The summed E-state index contributed by atoms with van der Waals surface area (Å²) in [6.45, 7) is 19.5. The number of nitrogens with zero attached hydrogens (tertiary/aromatic N) is 14. The Morgan fingerprint density at radius 2 is 1.06 bits per heavy atom. The summed E-state index contributed by atoms with van der Waals surface area (Å²) in [5, 5.41) is 16.9. The number of carbonyl (C=O) groups excluding carboxylic acids is 5. The van der Waals surface area contributed by atoms with E-state index in [1.165, 1.54) is 37.5 Å². The van der Waals surface area contributed by atoms with E-state index in [0.29, 0.717) is 56.7 Å². The van der Waals surface area contributed by atoms with Crippen molar-refractivity contribution in [2.24, 2.45) is 17.6 Å². The number of halogens is 6. The Labute approximate surface area is 485 Å². The molecule has 0 radical (unpaired) electrons. The van der Waals surface area contributed by atoms with Gasteiger partial charge in [0, 0.05) is 50.0 Å². The molecule has 8 heterocycles. The van der Waals surface area contributed by atoms with Gasteiger partial charge in [0.05, 0.1) is 56.0 Å². The summed E-state index contributed by atoms with van der Waals surface area (Å²) in [6, 6.07) is 1.63. The van der Waals surface area contributed by atoms with Gasteiger partial charge in [-0.05, 0) is 83.6 Å². The molecule has 2 aliphatic rings. The summed E-state index contributed by atoms with van der Waals surface area (Å²) in [7, 11) is 3.45. The fraction of sp³-hybridized carbons (Fsp3) is 0.473. The Morgan fingerprint density at radius 1 is 0.647 bits per heavy atom. The number of carbonyl (C=O) groups is 5. The number of likely N-dealkylation sites (N-methyl/N-ethyl adjacent to an activating group) is 2. The number of amides is 5. The first kappa shape index (κ1) is 63.7. The van der Waals surface area contributed by atoms with Gasteiger partial charge >= 0.3 is 18.4 Å². The fourth-order valence-corrected chi connectivity index (χ4v) is 8.64. The molecule has 0 saturated heterocycles. The second-order valence-electron chi connectivity index (χ2n) is 22.3. The third kappa shape index (κ3) is 15.3. The summed E-state index contributed by atoms with van der Waals surface area (Å²) in [5.41, 5.74) is 7.49. The van der Waals surface area contributed by atoms with Gasteiger partial charge in [-0.2, -0.15) is 46.5 Å². The molecule has 85 heavy (non-hydrogen) atoms. The molecule has 0 spiro atoms. The third-order valence-corrected chi connectivity index (χ3v) is 13.8. The molecular weight excluding hydrogens is 1120 g/mol. The monoisotopic (exact) mass is 1190 g/mol. The number of alkyl carbamates (subject to hydrolysis) is 1. The zero-order valence-electron chi connectivity index (χ0n) is 49.1. The van der Waals surface area contributed by atoms with Crippen LogP contribution in [-0.4, -0.2) is 123 Å². The average molecular weight is 1190 g/mol. The first-order valence-electron chi connectivity index (χ1n) is 26.9. The minimum Gasteiger partial charge on any atom is -0.444 e. The van der Waals surface area contributed by atoms with Gasteiger partial charge < -0.3 is 36.2 Å². The largest absolute Gasteiger partial charge is 0.444 e. The second kappa shape index (κ2) is 25.2. The molecular formula is C55H68F6N18O6. The van der Waals surface area contributed by atoms with Crippen molar-refractivity contribution in [1.82, 2.24) is 54.8 Å². The molecule has 456 valence electrons. The van der Waals surface area contributed by atoms with E-state index in [2.05, 4.69) is 56.1 Å². The highest BCUT2D eigenvalue weighted by atomic mass is 19.4. The highest BCUT2D eigenvalue weighted by Gasteiger charge is 2.38. The number of rotatable bonds is 15. The smallest absolute Gasteiger partial charge is 0.433 e. The van der Waals surface area contributed by atoms with Gasteiger partial charge in [-0.3, -0.25) is 48.3 Å². The molecule has 0 fully saturated rings. The second-order valence-corrected chi connectivity index (χ2v) is 22.3. The van der Waals surface area contributed by atoms with Crippen molar-refractivity contribution in [2.45, 2.75) is 144 Å². The van der Waals surface area contributed by atoms with Crippen LogP contribution in [0.25, 0.3) is 0 Å². The van der Waals surface area contributed by atoms with Crippen LogP contribution in [0, 0.1) is 25.7 Å². The van der Waals surface area contributed by atoms with Crippen molar-refractivity contribution in [1.29, 1.82) is 0 Å². The molecule has 0 bridgehead atoms. The number of hydrogen-bond donors (Lipinski definition) is 4. The summed E-state index contributed by atoms with van der Waals surface area (Å²) < 4.78 is 85.7. The van der Waals surface area contributed by atoms with Crippen molar-refractivity contribution in [3.8, 4) is 0 Å². The SMILES string of the molecule is Cc1nc(N(Cc2cnn(Cc3ccc(C(F)(F)F)nc3)c2)C(=O)[C@@H](N)C(C)C)nc2c1NC(=O)[C@H](C)N2C.Cc1nc(N(Cc2cnn(Cc3ccc(C(F)(F)F)nc3)c2)C(=O)[C@@H](NC(=O)OC(C)(C)C)C(C)C)nc2c1NC(=O)[C@H](C)N2C. The number of alkyl halides is 6. The molecule has 6 aromatic rings. The number of aryl methyl sites for hydroxylation is 2. The summed E-state index contributed by atoms with van der Waals surface area (Å²) in [4.78, 5) is 96.7. The van der Waals surface area contributed by atoms with Gasteiger partial charge in [-0.1, -0.05) is 39.8 Å². The highest BCUT2D eigenvalue weighted by Crippen LogP contribution is 2.36. The van der Waals surface area contributed by atoms with Crippen LogP contribution in [0.15, 0.2) is 61.4 Å². The Kier molecular flexibility index (Phi) is 18.9. The molecule has 0 aliphatic carbocycles. The van der Waals surface area contributed by atoms with Crippen molar-refractivity contribution in [2.75, 3.05) is 44.3 Å². The quantitative estimate of drug-likeness (QED) is 0.0750. The normalized spacial score (nSPS) is 15.9. The Morgan fingerprint density at radius 3 is 1.41 bits per heavy atom. The number of aromatic nitrogens is 10. The average Bonchev–Trinajstić information content (AvgIpc) is 2.39. The molecule has 4 atom stereocenters. The lowest BCUT2D eigenvalue weighted by Gasteiger charge is -2.34. The maximum absolute atomic E-state index is 14.2. The Hall–Kier alpha value is -8.83. The molecule has 0 saturated carbocycles. The Bertz CT molecular complexity index is 3420. The molecule has 24 nitrogen and oxygen atoms in total. The number of ether oxygens (including phenoxy) is 1. The van der Waals surface area contributed by atoms with Crippen LogP contribution < -0.4 is 41.3 Å². The number of anilines is 6. The van der Waals surface area contributed by atoms with Crippen molar-refractivity contribution < 1.29 is 55.1 Å². The van der Waals surface area contributed by atoms with Crippen molar-refractivity contribution in [3.63, 3.8) is 0 Å². The van der Waals surface area contributed by atoms with Gasteiger partial charge in [0.15, 0.2) is 11.6 Å².